The summed E-state index contributed by atoms with van der Waals surface area (Å²) in [4.78, 5) is 57.7. The monoisotopic (exact) mass is 539 g/mol. The van der Waals surface area contributed by atoms with Crippen molar-refractivity contribution in [2.24, 2.45) is 5.73 Å². The zero-order valence-electron chi connectivity index (χ0n) is 21.1. The zero-order valence-corrected chi connectivity index (χ0v) is 22.0. The number of likely N-dealkylation sites (N-methyl/N-ethyl adjacent to an activating group) is 2. The molecule has 11 heteroatoms. The van der Waals surface area contributed by atoms with Gasteiger partial charge in [0.15, 0.2) is 0 Å². The fourth-order valence-corrected chi connectivity index (χ4v) is 6.98. The summed E-state index contributed by atoms with van der Waals surface area (Å²) >= 11 is 0.900. The molecule has 10 nitrogen and oxygen atoms in total. The molecule has 39 heavy (non-hydrogen) atoms. The molecular formula is C28H21N5O5S. The fourth-order valence-electron chi connectivity index (χ4n) is 5.73. The minimum Gasteiger partial charge on any atom is -0.462 e. The number of ether oxygens (including phenoxy) is 1. The largest absolute Gasteiger partial charge is 0.462 e. The molecule has 1 spiro atoms. The Morgan fingerprint density at radius 1 is 1.05 bits per heavy atom. The Morgan fingerprint density at radius 2 is 1.72 bits per heavy atom. The van der Waals surface area contributed by atoms with Gasteiger partial charge < -0.3 is 20.3 Å². The number of nitrogens with zero attached hydrogens (tertiary/aromatic N) is 4. The average molecular weight is 540 g/mol. The van der Waals surface area contributed by atoms with Crippen LogP contribution in [0.4, 0.5) is 11.4 Å². The number of hydrogen-bond donors (Lipinski definition) is 1. The van der Waals surface area contributed by atoms with Gasteiger partial charge in [0.1, 0.15) is 26.0 Å². The number of nitrogens with two attached hydrogens (primary N) is 1. The van der Waals surface area contributed by atoms with Crippen molar-refractivity contribution in [3.63, 3.8) is 0 Å². The summed E-state index contributed by atoms with van der Waals surface area (Å²) in [6.45, 7) is 1.58. The minimum absolute atomic E-state index is 0.0224. The summed E-state index contributed by atoms with van der Waals surface area (Å²) in [6.07, 6.45) is 0. The van der Waals surface area contributed by atoms with Gasteiger partial charge in [-0.3, -0.25) is 19.0 Å². The highest BCUT2D eigenvalue weighted by Crippen LogP contribution is 2.52. The number of nitriles is 1. The molecule has 2 N–H and O–H groups in total. The molecule has 2 aromatic carbocycles. The summed E-state index contributed by atoms with van der Waals surface area (Å²) in [5.41, 5.74) is 5.77. The van der Waals surface area contributed by atoms with Crippen LogP contribution in [0, 0.1) is 11.3 Å². The van der Waals surface area contributed by atoms with Gasteiger partial charge in [0.05, 0.1) is 29.5 Å². The second-order valence-corrected chi connectivity index (χ2v) is 10.2. The molecular weight excluding hydrogens is 518 g/mol. The quantitative estimate of drug-likeness (QED) is 0.465. The highest BCUT2D eigenvalue weighted by Gasteiger charge is 2.61. The number of hydrogen-bond acceptors (Lipinski definition) is 8. The summed E-state index contributed by atoms with van der Waals surface area (Å²) in [6, 6.07) is 16.0. The molecule has 2 amide bonds. The van der Waals surface area contributed by atoms with E-state index in [1.54, 1.807) is 69.6 Å². The molecule has 0 saturated carbocycles. The minimum atomic E-state index is -1.93. The number of para-hydroxylation sites is 2. The van der Waals surface area contributed by atoms with Gasteiger partial charge >= 0.3 is 5.97 Å². The molecule has 0 aliphatic carbocycles. The number of esters is 1. The van der Waals surface area contributed by atoms with Gasteiger partial charge in [0.25, 0.3) is 11.5 Å². The fraction of sp³-hybridized carbons (Fsp3) is 0.179. The third-order valence-electron chi connectivity index (χ3n) is 7.43. The van der Waals surface area contributed by atoms with Crippen LogP contribution < -0.4 is 30.3 Å². The lowest BCUT2D eigenvalue weighted by Crippen LogP contribution is -2.52. The second kappa shape index (κ2) is 8.28. The number of carbonyl (C=O) groups is 3. The molecule has 3 aliphatic rings. The lowest BCUT2D eigenvalue weighted by Gasteiger charge is -2.33. The maximum atomic E-state index is 14.1. The third-order valence-corrected chi connectivity index (χ3v) is 8.59. The topological polar surface area (TPSA) is 139 Å². The number of anilines is 2. The number of benzene rings is 2. The molecule has 4 heterocycles. The van der Waals surface area contributed by atoms with E-state index in [4.69, 9.17) is 10.5 Å². The van der Waals surface area contributed by atoms with Crippen molar-refractivity contribution in [3.8, 4) is 6.07 Å². The number of carbonyl (C=O) groups excluding carboxylic acids is 3. The molecule has 0 bridgehead atoms. The van der Waals surface area contributed by atoms with Crippen molar-refractivity contribution in [2.75, 3.05) is 30.5 Å². The Hall–Kier alpha value is -4.95. The van der Waals surface area contributed by atoms with Crippen LogP contribution in [-0.2, 0) is 24.5 Å². The van der Waals surface area contributed by atoms with Gasteiger partial charge in [-0.1, -0.05) is 36.4 Å². The SMILES string of the molecule is CCOC(=O)C1=C(N)n2c(s/c(=C3\C(=O)N(C)c4ccccc43)c2=O)=C(C#N)C12C(=O)N(C)c1ccccc12. The van der Waals surface area contributed by atoms with Gasteiger partial charge in [0.2, 0.25) is 5.91 Å². The predicted molar refractivity (Wildman–Crippen MR) is 145 cm³/mol. The second-order valence-electron chi connectivity index (χ2n) is 9.23. The van der Waals surface area contributed by atoms with Gasteiger partial charge in [-0.25, -0.2) is 4.79 Å². The molecule has 0 saturated heterocycles. The molecule has 3 aliphatic heterocycles. The van der Waals surface area contributed by atoms with E-state index in [9.17, 15) is 24.4 Å². The molecule has 1 aromatic heterocycles. The van der Waals surface area contributed by atoms with Crippen LogP contribution >= 0.6 is 11.3 Å². The third kappa shape index (κ3) is 2.83. The van der Waals surface area contributed by atoms with Crippen LogP contribution in [0.2, 0.25) is 0 Å². The first-order chi connectivity index (χ1) is 18.7. The maximum absolute atomic E-state index is 14.1. The highest BCUT2D eigenvalue weighted by molar-refractivity contribution is 7.08. The zero-order chi connectivity index (χ0) is 27.8. The van der Waals surface area contributed by atoms with E-state index in [-0.39, 0.29) is 38.3 Å². The Balaban J connectivity index is 1.84. The van der Waals surface area contributed by atoms with Crippen molar-refractivity contribution >= 4 is 57.5 Å². The number of thiazole rings is 1. The van der Waals surface area contributed by atoms with Gasteiger partial charge in [-0.15, -0.1) is 11.3 Å². The van der Waals surface area contributed by atoms with E-state index >= 15 is 0 Å². The Kier molecular flexibility index (Phi) is 5.18. The first kappa shape index (κ1) is 24.4. The Morgan fingerprint density at radius 3 is 2.41 bits per heavy atom. The molecule has 1 atom stereocenters. The van der Waals surface area contributed by atoms with Crippen LogP contribution in [0.3, 0.4) is 0 Å². The predicted octanol–water partition coefficient (Wildman–Crippen LogP) is 0.378. The van der Waals surface area contributed by atoms with Crippen LogP contribution in [0.1, 0.15) is 18.1 Å². The molecule has 194 valence electrons. The number of fused-ring (bicyclic) bond motifs is 4. The Labute approximate surface area is 225 Å². The number of aromatic nitrogens is 1. The van der Waals surface area contributed by atoms with Gasteiger partial charge in [-0.05, 0) is 19.1 Å². The van der Waals surface area contributed by atoms with Crippen molar-refractivity contribution in [1.29, 1.82) is 5.26 Å². The molecule has 6 rings (SSSR count). The van der Waals surface area contributed by atoms with Crippen molar-refractivity contribution in [1.82, 2.24) is 4.57 Å². The van der Waals surface area contributed by atoms with Crippen molar-refractivity contribution < 1.29 is 19.1 Å². The number of rotatable bonds is 2. The molecule has 0 fully saturated rings. The summed E-state index contributed by atoms with van der Waals surface area (Å²) in [7, 11) is 3.16. The normalized spacial score (nSPS) is 20.8. The van der Waals surface area contributed by atoms with E-state index in [0.29, 0.717) is 22.5 Å². The first-order valence-electron chi connectivity index (χ1n) is 12.1. The number of amides is 2. The lowest BCUT2D eigenvalue weighted by molar-refractivity contribution is -0.140. The summed E-state index contributed by atoms with van der Waals surface area (Å²) < 4.78 is 6.50. The van der Waals surface area contributed by atoms with Gasteiger partial charge in [-0.2, -0.15) is 5.26 Å². The van der Waals surface area contributed by atoms with Crippen LogP contribution in [0.15, 0.2) is 58.9 Å². The molecule has 1 unspecified atom stereocenters. The van der Waals surface area contributed by atoms with Crippen LogP contribution in [-0.4, -0.2) is 43.1 Å². The smallest absolute Gasteiger partial charge is 0.339 e. The molecule has 3 aromatic rings. The highest BCUT2D eigenvalue weighted by atomic mass is 32.1. The van der Waals surface area contributed by atoms with E-state index < -0.39 is 28.8 Å². The summed E-state index contributed by atoms with van der Waals surface area (Å²) in [5.74, 6) is -2.20. The Bertz CT molecular complexity index is 1930. The summed E-state index contributed by atoms with van der Waals surface area (Å²) in [5, 5.41) is 10.6. The standard InChI is InChI=1S/C28H21N5O5S/c1-4-38-26(36)20-22(30)33-24(35)21(19-14-9-5-7-11-17(14)31(2)23(19)34)39-25(33)16(13-29)28(20)15-10-6-8-12-18(15)32(3)27(28)37/h5-12H,4,30H2,1-3H3/b21-19-. The maximum Gasteiger partial charge on any atom is 0.339 e. The molecule has 0 radical (unpaired) electrons. The average Bonchev–Trinajstić information content (AvgIpc) is 3.47. The van der Waals surface area contributed by atoms with E-state index in [2.05, 4.69) is 6.07 Å². The van der Waals surface area contributed by atoms with Crippen LogP contribution in [0.25, 0.3) is 17.0 Å². The van der Waals surface area contributed by atoms with E-state index in [0.717, 1.165) is 15.9 Å². The van der Waals surface area contributed by atoms with Crippen molar-refractivity contribution in [3.05, 3.63) is 84.8 Å². The first-order valence-corrected chi connectivity index (χ1v) is 12.9. The van der Waals surface area contributed by atoms with E-state index in [1.165, 1.54) is 9.80 Å². The van der Waals surface area contributed by atoms with Gasteiger partial charge in [0, 0.05) is 30.9 Å². The van der Waals surface area contributed by atoms with Crippen molar-refractivity contribution in [2.45, 2.75) is 12.3 Å². The lowest BCUT2D eigenvalue weighted by atomic mass is 9.68. The van der Waals surface area contributed by atoms with Crippen LogP contribution in [0.5, 0.6) is 0 Å². The van der Waals surface area contributed by atoms with E-state index in [1.807, 2.05) is 0 Å².